The number of hydrogen-bond acceptors (Lipinski definition) is 2. The summed E-state index contributed by atoms with van der Waals surface area (Å²) < 4.78 is 0. The summed E-state index contributed by atoms with van der Waals surface area (Å²) in [6.45, 7) is 0.705. The smallest absolute Gasteiger partial charge is 0.0431 e. The first-order chi connectivity index (χ1) is 6.76. The summed E-state index contributed by atoms with van der Waals surface area (Å²) in [5.41, 5.74) is 1.43. The van der Waals surface area contributed by atoms with Crippen molar-refractivity contribution in [3.63, 3.8) is 0 Å². The van der Waals surface area contributed by atoms with Gasteiger partial charge in [0.25, 0.3) is 0 Å². The maximum Gasteiger partial charge on any atom is 0.0431 e. The quantitative estimate of drug-likeness (QED) is 0.823. The maximum absolute atomic E-state index is 5.82. The van der Waals surface area contributed by atoms with Crippen molar-refractivity contribution in [1.82, 2.24) is 5.32 Å². The SMILES string of the molecule is CSC1CCCC(NCC(Cl)=CCl)C1. The van der Waals surface area contributed by atoms with E-state index in [1.165, 1.54) is 31.2 Å². The first kappa shape index (κ1) is 12.7. The van der Waals surface area contributed by atoms with Gasteiger partial charge in [0.2, 0.25) is 0 Å². The van der Waals surface area contributed by atoms with Crippen molar-refractivity contribution in [3.8, 4) is 0 Å². The summed E-state index contributed by atoms with van der Waals surface area (Å²) in [4.78, 5) is 0. The van der Waals surface area contributed by atoms with Crippen LogP contribution in [-0.4, -0.2) is 24.1 Å². The molecule has 2 unspecified atom stereocenters. The minimum Gasteiger partial charge on any atom is -0.309 e. The largest absolute Gasteiger partial charge is 0.309 e. The van der Waals surface area contributed by atoms with Crippen LogP contribution in [0.25, 0.3) is 0 Å². The minimum absolute atomic E-state index is 0.617. The Kier molecular flexibility index (Phi) is 6.34. The molecule has 0 aromatic carbocycles. The Hall–Kier alpha value is 0.630. The third-order valence-electron chi connectivity index (χ3n) is 2.64. The second kappa shape index (κ2) is 7.00. The Bertz CT molecular complexity index is 197. The van der Waals surface area contributed by atoms with E-state index < -0.39 is 0 Å². The summed E-state index contributed by atoms with van der Waals surface area (Å²) in [6, 6.07) is 0.617. The Morgan fingerprint density at radius 1 is 1.57 bits per heavy atom. The van der Waals surface area contributed by atoms with E-state index in [-0.39, 0.29) is 0 Å². The molecule has 0 heterocycles. The van der Waals surface area contributed by atoms with Crippen LogP contribution in [0.15, 0.2) is 10.6 Å². The van der Waals surface area contributed by atoms with Crippen LogP contribution in [0.4, 0.5) is 0 Å². The van der Waals surface area contributed by atoms with Crippen LogP contribution in [0.3, 0.4) is 0 Å². The lowest BCUT2D eigenvalue weighted by Crippen LogP contribution is -2.35. The third-order valence-corrected chi connectivity index (χ3v) is 4.35. The second-order valence-electron chi connectivity index (χ2n) is 3.66. The Morgan fingerprint density at radius 3 is 3.00 bits per heavy atom. The fourth-order valence-corrected chi connectivity index (χ4v) is 2.81. The number of halogens is 2. The summed E-state index contributed by atoms with van der Waals surface area (Å²) in [6.07, 6.45) is 7.40. The average Bonchev–Trinajstić information content (AvgIpc) is 2.26. The molecule has 0 saturated heterocycles. The fraction of sp³-hybridized carbons (Fsp3) is 0.800. The Morgan fingerprint density at radius 2 is 2.36 bits per heavy atom. The van der Waals surface area contributed by atoms with Gasteiger partial charge in [-0.05, 0) is 25.5 Å². The molecule has 0 bridgehead atoms. The molecule has 0 radical (unpaired) electrons. The Balaban J connectivity index is 2.24. The van der Waals surface area contributed by atoms with Crippen molar-refractivity contribution in [2.75, 3.05) is 12.8 Å². The molecule has 0 aromatic rings. The van der Waals surface area contributed by atoms with Crippen LogP contribution in [0.5, 0.6) is 0 Å². The summed E-state index contributed by atoms with van der Waals surface area (Å²) in [7, 11) is 0. The van der Waals surface area contributed by atoms with Gasteiger partial charge in [-0.25, -0.2) is 0 Å². The van der Waals surface area contributed by atoms with Crippen molar-refractivity contribution in [3.05, 3.63) is 10.6 Å². The molecule has 1 rings (SSSR count). The zero-order chi connectivity index (χ0) is 10.4. The van der Waals surface area contributed by atoms with Crippen molar-refractivity contribution < 1.29 is 0 Å². The number of rotatable bonds is 4. The molecular weight excluding hydrogens is 237 g/mol. The molecule has 82 valence electrons. The standard InChI is InChI=1S/C10H17Cl2NS/c1-14-10-4-2-3-9(5-10)13-7-8(12)6-11/h6,9-10,13H,2-5,7H2,1H3. The lowest BCUT2D eigenvalue weighted by molar-refractivity contribution is 0.392. The predicted octanol–water partition coefficient (Wildman–Crippen LogP) is 3.57. The van der Waals surface area contributed by atoms with Gasteiger partial charge >= 0.3 is 0 Å². The number of hydrogen-bond donors (Lipinski definition) is 1. The first-order valence-electron chi connectivity index (χ1n) is 4.97. The summed E-state index contributed by atoms with van der Waals surface area (Å²) in [5.74, 6) is 0. The van der Waals surface area contributed by atoms with E-state index in [4.69, 9.17) is 23.2 Å². The van der Waals surface area contributed by atoms with E-state index in [0.29, 0.717) is 17.6 Å². The fourth-order valence-electron chi connectivity index (χ4n) is 1.82. The Labute approximate surface area is 101 Å². The monoisotopic (exact) mass is 253 g/mol. The van der Waals surface area contributed by atoms with Crippen LogP contribution < -0.4 is 5.32 Å². The van der Waals surface area contributed by atoms with E-state index >= 15 is 0 Å². The van der Waals surface area contributed by atoms with Crippen molar-refractivity contribution in [2.24, 2.45) is 0 Å². The van der Waals surface area contributed by atoms with E-state index in [9.17, 15) is 0 Å². The number of nitrogens with one attached hydrogen (secondary N) is 1. The summed E-state index contributed by atoms with van der Waals surface area (Å²) >= 11 is 13.3. The molecule has 1 aliphatic rings. The zero-order valence-electron chi connectivity index (χ0n) is 8.43. The van der Waals surface area contributed by atoms with Crippen LogP contribution in [-0.2, 0) is 0 Å². The molecule has 0 aromatic heterocycles. The lowest BCUT2D eigenvalue weighted by Gasteiger charge is -2.28. The van der Waals surface area contributed by atoms with Gasteiger partial charge in [0.1, 0.15) is 0 Å². The van der Waals surface area contributed by atoms with Gasteiger partial charge in [0.05, 0.1) is 0 Å². The van der Waals surface area contributed by atoms with Crippen molar-refractivity contribution in [1.29, 1.82) is 0 Å². The molecule has 0 amide bonds. The van der Waals surface area contributed by atoms with Crippen molar-refractivity contribution >= 4 is 35.0 Å². The molecule has 1 N–H and O–H groups in total. The highest BCUT2D eigenvalue weighted by molar-refractivity contribution is 7.99. The second-order valence-corrected chi connectivity index (χ2v) is 5.50. The van der Waals surface area contributed by atoms with E-state index in [0.717, 1.165) is 5.25 Å². The molecular formula is C10H17Cl2NS. The third kappa shape index (κ3) is 4.43. The van der Waals surface area contributed by atoms with Crippen LogP contribution >= 0.6 is 35.0 Å². The van der Waals surface area contributed by atoms with Gasteiger partial charge in [-0.3, -0.25) is 0 Å². The van der Waals surface area contributed by atoms with Gasteiger partial charge in [-0.1, -0.05) is 29.6 Å². The average molecular weight is 254 g/mol. The molecule has 1 aliphatic carbocycles. The minimum atomic E-state index is 0.617. The number of thioether (sulfide) groups is 1. The van der Waals surface area contributed by atoms with Crippen LogP contribution in [0, 0.1) is 0 Å². The van der Waals surface area contributed by atoms with Gasteiger partial charge < -0.3 is 5.32 Å². The molecule has 0 aliphatic heterocycles. The molecule has 4 heteroatoms. The van der Waals surface area contributed by atoms with E-state index in [2.05, 4.69) is 11.6 Å². The van der Waals surface area contributed by atoms with Gasteiger partial charge in [0.15, 0.2) is 0 Å². The highest BCUT2D eigenvalue weighted by Gasteiger charge is 2.20. The molecule has 14 heavy (non-hydrogen) atoms. The van der Waals surface area contributed by atoms with E-state index in [1.807, 2.05) is 11.8 Å². The van der Waals surface area contributed by atoms with Gasteiger partial charge in [-0.2, -0.15) is 11.8 Å². The van der Waals surface area contributed by atoms with Gasteiger partial charge in [0, 0.05) is 28.4 Å². The molecule has 1 nitrogen and oxygen atoms in total. The first-order valence-corrected chi connectivity index (χ1v) is 7.07. The predicted molar refractivity (Wildman–Crippen MR) is 67.4 cm³/mol. The van der Waals surface area contributed by atoms with Crippen molar-refractivity contribution in [2.45, 2.75) is 37.0 Å². The highest BCUT2D eigenvalue weighted by atomic mass is 35.5. The molecule has 1 fully saturated rings. The zero-order valence-corrected chi connectivity index (χ0v) is 10.8. The maximum atomic E-state index is 5.82. The molecule has 1 saturated carbocycles. The van der Waals surface area contributed by atoms with E-state index in [1.54, 1.807) is 0 Å². The molecule has 0 spiro atoms. The topological polar surface area (TPSA) is 12.0 Å². The van der Waals surface area contributed by atoms with Crippen LogP contribution in [0.2, 0.25) is 0 Å². The van der Waals surface area contributed by atoms with Gasteiger partial charge in [-0.15, -0.1) is 0 Å². The highest BCUT2D eigenvalue weighted by Crippen LogP contribution is 2.26. The summed E-state index contributed by atoms with van der Waals surface area (Å²) in [5, 5.41) is 4.95. The lowest BCUT2D eigenvalue weighted by atomic mass is 9.95. The van der Waals surface area contributed by atoms with Crippen LogP contribution in [0.1, 0.15) is 25.7 Å². The normalized spacial score (nSPS) is 29.2. The molecule has 2 atom stereocenters.